The Kier molecular flexibility index (Phi) is 4.55. The molecule has 0 saturated carbocycles. The zero-order valence-corrected chi connectivity index (χ0v) is 11.5. The zero-order chi connectivity index (χ0) is 15.7. The zero-order valence-electron chi connectivity index (χ0n) is 11.5. The minimum absolute atomic E-state index is 0.0564. The molecule has 2 rings (SSSR count). The maximum Gasteiger partial charge on any atom is 0.416 e. The van der Waals surface area contributed by atoms with E-state index in [1.54, 1.807) is 6.92 Å². The molecule has 0 amide bonds. The Hall–Kier alpha value is -1.18. The van der Waals surface area contributed by atoms with Crippen LogP contribution in [0.5, 0.6) is 0 Å². The largest absolute Gasteiger partial charge is 0.416 e. The Balaban J connectivity index is 2.04. The maximum absolute atomic E-state index is 13.0. The first-order valence-electron chi connectivity index (χ1n) is 6.63. The van der Waals surface area contributed by atoms with Gasteiger partial charge in [0.05, 0.1) is 11.7 Å². The number of ether oxygens (including phenoxy) is 1. The molecule has 0 radical (unpaired) electrons. The number of nitrogens with one attached hydrogen (secondary N) is 1. The second kappa shape index (κ2) is 5.90. The molecule has 3 nitrogen and oxygen atoms in total. The molecule has 1 aliphatic rings. The van der Waals surface area contributed by atoms with Gasteiger partial charge in [0.25, 0.3) is 0 Å². The molecular weight excluding hydrogens is 290 g/mol. The molecule has 1 aliphatic heterocycles. The number of rotatable bonds is 4. The Bertz CT molecular complexity index is 506. The first-order chi connectivity index (χ1) is 9.72. The van der Waals surface area contributed by atoms with Gasteiger partial charge < -0.3 is 15.2 Å². The summed E-state index contributed by atoms with van der Waals surface area (Å²) in [4.78, 5) is 0. The summed E-state index contributed by atoms with van der Waals surface area (Å²) in [6.45, 7) is 2.14. The lowest BCUT2D eigenvalue weighted by Gasteiger charge is -2.26. The predicted octanol–water partition coefficient (Wildman–Crippen LogP) is 2.47. The van der Waals surface area contributed by atoms with Crippen LogP contribution in [-0.4, -0.2) is 30.0 Å². The van der Waals surface area contributed by atoms with Gasteiger partial charge in [-0.05, 0) is 24.6 Å². The molecule has 0 bridgehead atoms. The molecule has 0 aromatic heterocycles. The van der Waals surface area contributed by atoms with Gasteiger partial charge in [-0.2, -0.15) is 13.2 Å². The van der Waals surface area contributed by atoms with Crippen molar-refractivity contribution in [1.29, 1.82) is 0 Å². The third kappa shape index (κ3) is 3.72. The SMILES string of the molecule is CC1OCCC1(O)CNCc1ccc(F)cc1C(F)(F)F. The van der Waals surface area contributed by atoms with E-state index in [0.717, 1.165) is 12.1 Å². The smallest absolute Gasteiger partial charge is 0.386 e. The average Bonchev–Trinajstić information content (AvgIpc) is 2.70. The van der Waals surface area contributed by atoms with Crippen molar-refractivity contribution < 1.29 is 27.4 Å². The number of halogens is 4. The van der Waals surface area contributed by atoms with Gasteiger partial charge in [0.2, 0.25) is 0 Å². The molecule has 7 heteroatoms. The van der Waals surface area contributed by atoms with Crippen LogP contribution in [0.1, 0.15) is 24.5 Å². The highest BCUT2D eigenvalue weighted by atomic mass is 19.4. The van der Waals surface area contributed by atoms with E-state index in [9.17, 15) is 22.7 Å². The lowest BCUT2D eigenvalue weighted by atomic mass is 9.96. The van der Waals surface area contributed by atoms with Crippen molar-refractivity contribution in [2.75, 3.05) is 13.2 Å². The van der Waals surface area contributed by atoms with E-state index >= 15 is 0 Å². The Morgan fingerprint density at radius 2 is 2.14 bits per heavy atom. The summed E-state index contributed by atoms with van der Waals surface area (Å²) >= 11 is 0. The molecule has 2 atom stereocenters. The van der Waals surface area contributed by atoms with Crippen LogP contribution in [-0.2, 0) is 17.5 Å². The highest BCUT2D eigenvalue weighted by Crippen LogP contribution is 2.32. The van der Waals surface area contributed by atoms with Gasteiger partial charge in [0.1, 0.15) is 11.4 Å². The van der Waals surface area contributed by atoms with Crippen LogP contribution in [0.25, 0.3) is 0 Å². The van der Waals surface area contributed by atoms with Crippen molar-refractivity contribution in [3.8, 4) is 0 Å². The molecule has 1 fully saturated rings. The van der Waals surface area contributed by atoms with Crippen molar-refractivity contribution >= 4 is 0 Å². The van der Waals surface area contributed by atoms with E-state index in [-0.39, 0.29) is 24.8 Å². The number of alkyl halides is 3. The highest BCUT2D eigenvalue weighted by molar-refractivity contribution is 5.30. The van der Waals surface area contributed by atoms with Crippen molar-refractivity contribution in [1.82, 2.24) is 5.32 Å². The summed E-state index contributed by atoms with van der Waals surface area (Å²) in [5.74, 6) is -0.928. The van der Waals surface area contributed by atoms with Crippen LogP contribution in [0.3, 0.4) is 0 Å². The average molecular weight is 307 g/mol. The number of hydrogen-bond acceptors (Lipinski definition) is 3. The van der Waals surface area contributed by atoms with E-state index in [0.29, 0.717) is 19.1 Å². The molecule has 1 aromatic carbocycles. The molecule has 1 aromatic rings. The third-order valence-electron chi connectivity index (χ3n) is 3.78. The van der Waals surface area contributed by atoms with E-state index in [1.165, 1.54) is 0 Å². The Morgan fingerprint density at radius 3 is 2.71 bits per heavy atom. The monoisotopic (exact) mass is 307 g/mol. The van der Waals surface area contributed by atoms with Crippen LogP contribution in [0.4, 0.5) is 17.6 Å². The van der Waals surface area contributed by atoms with Gasteiger partial charge in [-0.15, -0.1) is 0 Å². The molecule has 2 unspecified atom stereocenters. The normalized spacial score (nSPS) is 26.3. The van der Waals surface area contributed by atoms with Crippen LogP contribution in [0.2, 0.25) is 0 Å². The highest BCUT2D eigenvalue weighted by Gasteiger charge is 2.39. The second-order valence-corrected chi connectivity index (χ2v) is 5.27. The summed E-state index contributed by atoms with van der Waals surface area (Å²) in [6, 6.07) is 2.57. The van der Waals surface area contributed by atoms with E-state index < -0.39 is 23.2 Å². The van der Waals surface area contributed by atoms with E-state index in [2.05, 4.69) is 5.32 Å². The quantitative estimate of drug-likeness (QED) is 0.840. The molecule has 1 saturated heterocycles. The summed E-state index contributed by atoms with van der Waals surface area (Å²) in [5, 5.41) is 13.0. The van der Waals surface area contributed by atoms with Gasteiger partial charge in [-0.1, -0.05) is 6.07 Å². The van der Waals surface area contributed by atoms with Crippen LogP contribution in [0.15, 0.2) is 18.2 Å². The lowest BCUT2D eigenvalue weighted by molar-refractivity contribution is -0.138. The fourth-order valence-electron chi connectivity index (χ4n) is 2.38. The molecule has 118 valence electrons. The number of hydrogen-bond donors (Lipinski definition) is 2. The number of benzene rings is 1. The number of aliphatic hydroxyl groups is 1. The van der Waals surface area contributed by atoms with Crippen molar-refractivity contribution in [3.05, 3.63) is 35.1 Å². The first-order valence-corrected chi connectivity index (χ1v) is 6.63. The van der Waals surface area contributed by atoms with Crippen molar-refractivity contribution in [2.45, 2.75) is 37.8 Å². The second-order valence-electron chi connectivity index (χ2n) is 5.27. The summed E-state index contributed by atoms with van der Waals surface area (Å²) in [6.07, 6.45) is -4.56. The van der Waals surface area contributed by atoms with Crippen LogP contribution < -0.4 is 5.32 Å². The fraction of sp³-hybridized carbons (Fsp3) is 0.571. The third-order valence-corrected chi connectivity index (χ3v) is 3.78. The first kappa shape index (κ1) is 16.2. The van der Waals surface area contributed by atoms with Gasteiger partial charge in [0.15, 0.2) is 0 Å². The molecule has 1 heterocycles. The lowest BCUT2D eigenvalue weighted by Crippen LogP contribution is -2.45. The van der Waals surface area contributed by atoms with E-state index in [4.69, 9.17) is 4.74 Å². The van der Waals surface area contributed by atoms with Gasteiger partial charge in [0, 0.05) is 26.1 Å². The fourth-order valence-corrected chi connectivity index (χ4v) is 2.38. The Labute approximate surface area is 119 Å². The standard InChI is InChI=1S/C14H17F4NO2/c1-9-13(20,4-5-21-9)8-19-7-10-2-3-11(15)6-12(10)14(16,17)18/h2-3,6,9,19-20H,4-5,7-8H2,1H3. The molecule has 0 spiro atoms. The molecule has 2 N–H and O–H groups in total. The van der Waals surface area contributed by atoms with Gasteiger partial charge in [-0.25, -0.2) is 4.39 Å². The topological polar surface area (TPSA) is 41.5 Å². The van der Waals surface area contributed by atoms with E-state index in [1.807, 2.05) is 0 Å². The van der Waals surface area contributed by atoms with Gasteiger partial charge in [-0.3, -0.25) is 0 Å². The van der Waals surface area contributed by atoms with Crippen LogP contribution >= 0.6 is 0 Å². The van der Waals surface area contributed by atoms with Crippen molar-refractivity contribution in [2.24, 2.45) is 0 Å². The maximum atomic E-state index is 13.0. The minimum Gasteiger partial charge on any atom is -0.386 e. The minimum atomic E-state index is -4.61. The van der Waals surface area contributed by atoms with Crippen LogP contribution in [0, 0.1) is 5.82 Å². The summed E-state index contributed by atoms with van der Waals surface area (Å²) in [7, 11) is 0. The molecular formula is C14H17F4NO2. The summed E-state index contributed by atoms with van der Waals surface area (Å²) < 4.78 is 56.7. The molecule has 21 heavy (non-hydrogen) atoms. The molecule has 0 aliphatic carbocycles. The summed E-state index contributed by atoms with van der Waals surface area (Å²) in [5.41, 5.74) is -2.14. The van der Waals surface area contributed by atoms with Crippen molar-refractivity contribution in [3.63, 3.8) is 0 Å². The Morgan fingerprint density at radius 1 is 1.43 bits per heavy atom. The predicted molar refractivity (Wildman–Crippen MR) is 68.1 cm³/mol. The van der Waals surface area contributed by atoms with Gasteiger partial charge >= 0.3 is 6.18 Å².